The number of hydrogen-bond donors (Lipinski definition) is 2. The van der Waals surface area contributed by atoms with E-state index < -0.39 is 0 Å². The highest BCUT2D eigenvalue weighted by Gasteiger charge is 2.18. The number of nitrogens with two attached hydrogens (primary N) is 1. The first-order chi connectivity index (χ1) is 12.3. The number of benzene rings is 1. The Morgan fingerprint density at radius 2 is 2.04 bits per heavy atom. The number of nitrogens with one attached hydrogen (secondary N) is 1. The molecule has 1 aliphatic carbocycles. The highest BCUT2D eigenvalue weighted by atomic mass is 16.6. The van der Waals surface area contributed by atoms with Crippen molar-refractivity contribution in [3.05, 3.63) is 72.2 Å². The molecule has 3 N–H and O–H groups in total. The van der Waals surface area contributed by atoms with Crippen LogP contribution in [0, 0.1) is 0 Å². The molecule has 0 spiro atoms. The van der Waals surface area contributed by atoms with Crippen LogP contribution in [0.5, 0.6) is 0 Å². The van der Waals surface area contributed by atoms with E-state index in [0.717, 1.165) is 18.4 Å². The van der Waals surface area contributed by atoms with Crippen LogP contribution in [0.1, 0.15) is 12.8 Å². The van der Waals surface area contributed by atoms with E-state index in [0.29, 0.717) is 28.8 Å². The molecule has 7 heteroatoms. The van der Waals surface area contributed by atoms with Crippen molar-refractivity contribution in [2.24, 2.45) is 0 Å². The average molecular weight is 336 g/mol. The highest BCUT2D eigenvalue weighted by Crippen LogP contribution is 2.28. The van der Waals surface area contributed by atoms with Gasteiger partial charge in [0.25, 0.3) is 5.89 Å². The molecule has 2 aromatic rings. The molecule has 7 nitrogen and oxygen atoms in total. The zero-order valence-electron chi connectivity index (χ0n) is 13.3. The molecule has 0 fully saturated rings. The minimum Gasteiger partial charge on any atom is -0.463 e. The fraction of sp³-hybridized carbons (Fsp3) is 0.111. The molecule has 0 bridgehead atoms. The van der Waals surface area contributed by atoms with Gasteiger partial charge >= 0.3 is 6.01 Å². The molecule has 0 unspecified atom stereocenters. The predicted molar refractivity (Wildman–Crippen MR) is 92.6 cm³/mol. The lowest BCUT2D eigenvalue weighted by atomic mass is 10.0. The Morgan fingerprint density at radius 1 is 1.12 bits per heavy atom. The van der Waals surface area contributed by atoms with Gasteiger partial charge in [-0.15, -0.1) is 5.10 Å². The summed E-state index contributed by atoms with van der Waals surface area (Å²) in [5, 5.41) is 10.9. The standard InChI is InChI=1S/C18H16N4O3/c19-14-9-5-4-8-13(14)17-21-22-18(25-17)20-16-11-23-10-15(24-16)12-6-2-1-3-7-12/h1-2,4-6,8-11H,3,7,19H2,(H,20,22). The molecule has 2 aliphatic rings. The van der Waals surface area contributed by atoms with Crippen molar-refractivity contribution in [1.82, 2.24) is 10.2 Å². The molecule has 0 saturated carbocycles. The second-order valence-corrected chi connectivity index (χ2v) is 5.49. The van der Waals surface area contributed by atoms with Gasteiger partial charge < -0.3 is 19.6 Å². The van der Waals surface area contributed by atoms with Crippen molar-refractivity contribution in [2.75, 3.05) is 11.1 Å². The van der Waals surface area contributed by atoms with Crippen molar-refractivity contribution < 1.29 is 13.9 Å². The number of allylic oxidation sites excluding steroid dienone is 4. The molecule has 0 saturated heterocycles. The van der Waals surface area contributed by atoms with Gasteiger partial charge in [-0.2, -0.15) is 0 Å². The molecule has 25 heavy (non-hydrogen) atoms. The molecule has 1 aromatic heterocycles. The van der Waals surface area contributed by atoms with Gasteiger partial charge in [0.15, 0.2) is 12.0 Å². The Balaban J connectivity index is 1.46. The van der Waals surface area contributed by atoms with Crippen molar-refractivity contribution in [3.63, 3.8) is 0 Å². The van der Waals surface area contributed by atoms with E-state index in [1.165, 1.54) is 6.26 Å². The van der Waals surface area contributed by atoms with Gasteiger partial charge in [0, 0.05) is 5.69 Å². The van der Waals surface area contributed by atoms with Crippen molar-refractivity contribution in [3.8, 4) is 11.5 Å². The first kappa shape index (κ1) is 15.1. The van der Waals surface area contributed by atoms with Gasteiger partial charge in [-0.25, -0.2) is 0 Å². The molecular formula is C18H16N4O3. The molecule has 1 aliphatic heterocycles. The van der Waals surface area contributed by atoms with Crippen LogP contribution in [0.4, 0.5) is 11.7 Å². The lowest BCUT2D eigenvalue weighted by molar-refractivity contribution is 0.232. The minimum absolute atomic E-state index is 0.187. The largest absolute Gasteiger partial charge is 0.463 e. The van der Waals surface area contributed by atoms with Gasteiger partial charge in [0.1, 0.15) is 6.26 Å². The molecule has 4 rings (SSSR count). The monoisotopic (exact) mass is 336 g/mol. The van der Waals surface area contributed by atoms with Crippen LogP contribution in [0.2, 0.25) is 0 Å². The SMILES string of the molecule is Nc1ccccc1-c1nnc(NC2=COC=C(C3=CC=CCC3)O2)o1. The van der Waals surface area contributed by atoms with Crippen LogP contribution in [-0.2, 0) is 9.47 Å². The fourth-order valence-electron chi connectivity index (χ4n) is 2.51. The molecule has 126 valence electrons. The van der Waals surface area contributed by atoms with Gasteiger partial charge in [0.2, 0.25) is 5.88 Å². The topological polar surface area (TPSA) is 95.4 Å². The number of ether oxygens (including phenoxy) is 2. The number of nitrogen functional groups attached to an aromatic ring is 1. The number of hydrogen-bond acceptors (Lipinski definition) is 7. The maximum Gasteiger partial charge on any atom is 0.322 e. The summed E-state index contributed by atoms with van der Waals surface area (Å²) < 4.78 is 16.7. The Hall–Kier alpha value is -3.48. The number of rotatable bonds is 4. The van der Waals surface area contributed by atoms with Crippen LogP contribution in [0.25, 0.3) is 11.5 Å². The quantitative estimate of drug-likeness (QED) is 0.822. The molecule has 0 atom stereocenters. The summed E-state index contributed by atoms with van der Waals surface area (Å²) in [5.41, 5.74) is 8.24. The van der Waals surface area contributed by atoms with Crippen LogP contribution >= 0.6 is 0 Å². The van der Waals surface area contributed by atoms with Crippen molar-refractivity contribution >= 4 is 11.7 Å². The molecule has 0 radical (unpaired) electrons. The minimum atomic E-state index is 0.187. The molecule has 1 aromatic carbocycles. The summed E-state index contributed by atoms with van der Waals surface area (Å²) in [5.74, 6) is 1.35. The van der Waals surface area contributed by atoms with E-state index in [9.17, 15) is 0 Å². The Morgan fingerprint density at radius 3 is 2.88 bits per heavy atom. The summed E-state index contributed by atoms with van der Waals surface area (Å²) in [6.07, 6.45) is 11.0. The summed E-state index contributed by atoms with van der Waals surface area (Å²) >= 11 is 0. The zero-order chi connectivity index (χ0) is 17.1. The first-order valence-electron chi connectivity index (χ1n) is 7.85. The van der Waals surface area contributed by atoms with Gasteiger partial charge in [-0.1, -0.05) is 35.5 Å². The third-order valence-electron chi connectivity index (χ3n) is 3.75. The average Bonchev–Trinajstić information content (AvgIpc) is 3.11. The zero-order valence-corrected chi connectivity index (χ0v) is 13.3. The maximum atomic E-state index is 5.92. The smallest absolute Gasteiger partial charge is 0.322 e. The third kappa shape index (κ3) is 3.25. The Labute approximate surface area is 144 Å². The van der Waals surface area contributed by atoms with E-state index in [2.05, 4.69) is 21.6 Å². The van der Waals surface area contributed by atoms with Crippen LogP contribution in [0.15, 0.2) is 76.7 Å². The molecular weight excluding hydrogens is 320 g/mol. The number of anilines is 2. The molecule has 0 amide bonds. The van der Waals surface area contributed by atoms with Crippen LogP contribution < -0.4 is 11.1 Å². The van der Waals surface area contributed by atoms with Crippen LogP contribution in [0.3, 0.4) is 0 Å². The van der Waals surface area contributed by atoms with E-state index in [-0.39, 0.29) is 6.01 Å². The van der Waals surface area contributed by atoms with Crippen LogP contribution in [-0.4, -0.2) is 10.2 Å². The van der Waals surface area contributed by atoms with Crippen molar-refractivity contribution in [2.45, 2.75) is 12.8 Å². The van der Waals surface area contributed by atoms with E-state index in [1.807, 2.05) is 30.4 Å². The number of nitrogens with zero attached hydrogens (tertiary/aromatic N) is 2. The lowest BCUT2D eigenvalue weighted by Crippen LogP contribution is -2.10. The normalized spacial score (nSPS) is 16.2. The summed E-state index contributed by atoms with van der Waals surface area (Å²) in [6, 6.07) is 7.47. The Kier molecular flexibility index (Phi) is 3.96. The Bertz CT molecular complexity index is 909. The lowest BCUT2D eigenvalue weighted by Gasteiger charge is -2.18. The second kappa shape index (κ2) is 6.56. The number of para-hydroxylation sites is 1. The highest BCUT2D eigenvalue weighted by molar-refractivity contribution is 5.70. The molecule has 2 heterocycles. The first-order valence-corrected chi connectivity index (χ1v) is 7.85. The maximum absolute atomic E-state index is 5.92. The van der Waals surface area contributed by atoms with E-state index in [1.54, 1.807) is 12.3 Å². The summed E-state index contributed by atoms with van der Waals surface area (Å²) in [6.45, 7) is 0. The van der Waals surface area contributed by atoms with Gasteiger partial charge in [0.05, 0.1) is 5.56 Å². The van der Waals surface area contributed by atoms with Crippen molar-refractivity contribution in [1.29, 1.82) is 0 Å². The summed E-state index contributed by atoms with van der Waals surface area (Å²) in [4.78, 5) is 0. The predicted octanol–water partition coefficient (Wildman–Crippen LogP) is 3.69. The van der Waals surface area contributed by atoms with E-state index >= 15 is 0 Å². The van der Waals surface area contributed by atoms with Gasteiger partial charge in [-0.05, 0) is 30.5 Å². The third-order valence-corrected chi connectivity index (χ3v) is 3.75. The van der Waals surface area contributed by atoms with Gasteiger partial charge in [-0.3, -0.25) is 5.32 Å². The number of aromatic nitrogens is 2. The fourth-order valence-corrected chi connectivity index (χ4v) is 2.51. The summed E-state index contributed by atoms with van der Waals surface area (Å²) in [7, 11) is 0. The van der Waals surface area contributed by atoms with E-state index in [4.69, 9.17) is 19.6 Å². The second-order valence-electron chi connectivity index (χ2n) is 5.49.